The second kappa shape index (κ2) is 6.17. The van der Waals surface area contributed by atoms with Gasteiger partial charge in [0, 0.05) is 32.3 Å². The zero-order chi connectivity index (χ0) is 16.4. The number of aromatic nitrogens is 2. The highest BCUT2D eigenvalue weighted by Crippen LogP contribution is 2.35. The van der Waals surface area contributed by atoms with Gasteiger partial charge >= 0.3 is 5.97 Å². The molecule has 8 nitrogen and oxygen atoms in total. The molecule has 8 heteroatoms. The minimum atomic E-state index is -1.09. The van der Waals surface area contributed by atoms with E-state index in [0.717, 1.165) is 5.56 Å². The van der Waals surface area contributed by atoms with Crippen molar-refractivity contribution in [1.82, 2.24) is 20.0 Å². The number of amides is 2. The first-order valence-corrected chi connectivity index (χ1v) is 7.08. The number of hydrogen-bond donors (Lipinski definition) is 2. The molecule has 3 unspecified atom stereocenters. The lowest BCUT2D eigenvalue weighted by molar-refractivity contribution is -0.146. The molecule has 1 aliphatic rings. The lowest BCUT2D eigenvalue weighted by Gasteiger charge is -2.38. The summed E-state index contributed by atoms with van der Waals surface area (Å²) in [7, 11) is 3.41. The van der Waals surface area contributed by atoms with Gasteiger partial charge in [-0.05, 0) is 13.3 Å². The normalized spacial score (nSPS) is 23.2. The predicted octanol–water partition coefficient (Wildman–Crippen LogP) is -0.0811. The van der Waals surface area contributed by atoms with E-state index in [1.807, 2.05) is 0 Å². The van der Waals surface area contributed by atoms with Gasteiger partial charge in [-0.15, -0.1) is 0 Å². The summed E-state index contributed by atoms with van der Waals surface area (Å²) in [5.41, 5.74) is 0.765. The van der Waals surface area contributed by atoms with Crippen molar-refractivity contribution in [2.45, 2.75) is 31.8 Å². The van der Waals surface area contributed by atoms with E-state index in [-0.39, 0.29) is 18.2 Å². The summed E-state index contributed by atoms with van der Waals surface area (Å²) >= 11 is 0. The van der Waals surface area contributed by atoms with Crippen molar-refractivity contribution >= 4 is 17.8 Å². The molecule has 120 valence electrons. The molecule has 2 heterocycles. The summed E-state index contributed by atoms with van der Waals surface area (Å²) in [4.78, 5) is 36.8. The molecule has 1 aliphatic heterocycles. The Morgan fingerprint density at radius 2 is 2.14 bits per heavy atom. The summed E-state index contributed by atoms with van der Waals surface area (Å²) in [6, 6.07) is -1.40. The van der Waals surface area contributed by atoms with Crippen LogP contribution in [-0.2, 0) is 21.4 Å². The quantitative estimate of drug-likeness (QED) is 0.809. The van der Waals surface area contributed by atoms with Crippen LogP contribution in [0.2, 0.25) is 0 Å². The highest BCUT2D eigenvalue weighted by Gasteiger charge is 2.40. The molecule has 0 saturated carbocycles. The number of hydrogen-bond acceptors (Lipinski definition) is 4. The molecular formula is C14H20N4O4. The first-order valence-electron chi connectivity index (χ1n) is 7.08. The molecular weight excluding hydrogens is 288 g/mol. The number of nitrogens with zero attached hydrogens (tertiary/aromatic N) is 3. The Morgan fingerprint density at radius 1 is 1.45 bits per heavy atom. The van der Waals surface area contributed by atoms with Gasteiger partial charge in [0.25, 0.3) is 0 Å². The van der Waals surface area contributed by atoms with Crippen LogP contribution in [0.1, 0.15) is 31.4 Å². The summed E-state index contributed by atoms with van der Waals surface area (Å²) in [5, 5.41) is 15.5. The van der Waals surface area contributed by atoms with Gasteiger partial charge in [0.05, 0.1) is 18.2 Å². The van der Waals surface area contributed by atoms with Gasteiger partial charge in [0.2, 0.25) is 11.8 Å². The first-order chi connectivity index (χ1) is 10.3. The van der Waals surface area contributed by atoms with E-state index >= 15 is 0 Å². The van der Waals surface area contributed by atoms with Crippen LogP contribution in [0, 0.1) is 5.92 Å². The van der Waals surface area contributed by atoms with Crippen LogP contribution in [0.5, 0.6) is 0 Å². The van der Waals surface area contributed by atoms with Crippen LogP contribution >= 0.6 is 0 Å². The monoisotopic (exact) mass is 308 g/mol. The highest BCUT2D eigenvalue weighted by molar-refractivity contribution is 5.87. The number of carboxylic acid groups (broad SMARTS) is 1. The largest absolute Gasteiger partial charge is 0.480 e. The number of carboxylic acids is 1. The summed E-state index contributed by atoms with van der Waals surface area (Å²) < 4.78 is 1.61. The van der Waals surface area contributed by atoms with E-state index in [1.54, 1.807) is 31.2 Å². The number of carbonyl (C=O) groups is 3. The molecule has 0 aliphatic carbocycles. The second-order valence-corrected chi connectivity index (χ2v) is 5.61. The molecule has 2 amide bonds. The van der Waals surface area contributed by atoms with Gasteiger partial charge < -0.3 is 15.3 Å². The smallest absolute Gasteiger partial charge is 0.325 e. The molecule has 2 rings (SSSR count). The molecule has 1 aromatic rings. The van der Waals surface area contributed by atoms with E-state index in [0.29, 0.717) is 6.42 Å². The van der Waals surface area contributed by atoms with Gasteiger partial charge in [-0.1, -0.05) is 0 Å². The van der Waals surface area contributed by atoms with E-state index in [4.69, 9.17) is 5.11 Å². The second-order valence-electron chi connectivity index (χ2n) is 5.61. The van der Waals surface area contributed by atoms with E-state index < -0.39 is 24.0 Å². The third kappa shape index (κ3) is 3.10. The van der Waals surface area contributed by atoms with Gasteiger partial charge in [-0.3, -0.25) is 19.1 Å². The van der Waals surface area contributed by atoms with Gasteiger partial charge in [-0.2, -0.15) is 5.10 Å². The minimum absolute atomic E-state index is 0.0378. The Morgan fingerprint density at radius 3 is 2.68 bits per heavy atom. The zero-order valence-corrected chi connectivity index (χ0v) is 12.8. The van der Waals surface area contributed by atoms with Gasteiger partial charge in [0.1, 0.15) is 6.04 Å². The van der Waals surface area contributed by atoms with Crippen LogP contribution in [0.25, 0.3) is 0 Å². The third-order valence-corrected chi connectivity index (χ3v) is 3.99. The van der Waals surface area contributed by atoms with Crippen molar-refractivity contribution < 1.29 is 19.5 Å². The molecule has 0 aromatic carbocycles. The van der Waals surface area contributed by atoms with E-state index in [9.17, 15) is 14.4 Å². The van der Waals surface area contributed by atoms with E-state index in [2.05, 4.69) is 10.4 Å². The predicted molar refractivity (Wildman–Crippen MR) is 76.7 cm³/mol. The maximum atomic E-state index is 12.4. The number of carbonyl (C=O) groups excluding carboxylic acids is 2. The number of piperidine rings is 1. The molecule has 1 aromatic heterocycles. The van der Waals surface area contributed by atoms with Crippen LogP contribution in [-0.4, -0.2) is 50.7 Å². The van der Waals surface area contributed by atoms with Crippen molar-refractivity contribution in [3.63, 3.8) is 0 Å². The SMILES string of the molecule is CC(NC(=O)C1CCC(=O)N(C)C1c1cnn(C)c1)C(=O)O. The van der Waals surface area contributed by atoms with Crippen LogP contribution < -0.4 is 5.32 Å². The number of nitrogens with one attached hydrogen (secondary N) is 1. The fourth-order valence-corrected chi connectivity index (χ4v) is 2.74. The average Bonchev–Trinajstić information content (AvgIpc) is 2.87. The molecule has 2 N–H and O–H groups in total. The number of aliphatic carboxylic acids is 1. The molecule has 1 fully saturated rings. The molecule has 1 saturated heterocycles. The van der Waals surface area contributed by atoms with Crippen LogP contribution in [0.15, 0.2) is 12.4 Å². The fourth-order valence-electron chi connectivity index (χ4n) is 2.74. The average molecular weight is 308 g/mol. The summed E-state index contributed by atoms with van der Waals surface area (Å²) in [6.45, 7) is 1.41. The first kappa shape index (κ1) is 16.0. The fraction of sp³-hybridized carbons (Fsp3) is 0.571. The van der Waals surface area contributed by atoms with E-state index in [1.165, 1.54) is 11.8 Å². The maximum absolute atomic E-state index is 12.4. The van der Waals surface area contributed by atoms with Gasteiger partial charge in [-0.25, -0.2) is 0 Å². The molecule has 0 spiro atoms. The van der Waals surface area contributed by atoms with Crippen LogP contribution in [0.3, 0.4) is 0 Å². The van der Waals surface area contributed by atoms with Crippen LogP contribution in [0.4, 0.5) is 0 Å². The maximum Gasteiger partial charge on any atom is 0.325 e. The summed E-state index contributed by atoms with van der Waals surface area (Å²) in [5.74, 6) is -1.98. The van der Waals surface area contributed by atoms with Crippen molar-refractivity contribution in [2.24, 2.45) is 13.0 Å². The van der Waals surface area contributed by atoms with Crippen molar-refractivity contribution in [1.29, 1.82) is 0 Å². The van der Waals surface area contributed by atoms with Crippen molar-refractivity contribution in [3.8, 4) is 0 Å². The Balaban J connectivity index is 2.25. The molecule has 3 atom stereocenters. The Hall–Kier alpha value is -2.38. The Bertz CT molecular complexity index is 597. The molecule has 0 bridgehead atoms. The zero-order valence-electron chi connectivity index (χ0n) is 12.8. The minimum Gasteiger partial charge on any atom is -0.480 e. The molecule has 0 radical (unpaired) electrons. The lowest BCUT2D eigenvalue weighted by Crippen LogP contribution is -2.49. The number of rotatable bonds is 4. The highest BCUT2D eigenvalue weighted by atomic mass is 16.4. The van der Waals surface area contributed by atoms with Crippen molar-refractivity contribution in [3.05, 3.63) is 18.0 Å². The number of likely N-dealkylation sites (tertiary alicyclic amines) is 1. The Kier molecular flexibility index (Phi) is 4.48. The number of aryl methyl sites for hydroxylation is 1. The Labute approximate surface area is 128 Å². The van der Waals surface area contributed by atoms with Gasteiger partial charge in [0.15, 0.2) is 0 Å². The topological polar surface area (TPSA) is 105 Å². The standard InChI is InChI=1S/C14H20N4O4/c1-8(14(21)22)16-13(20)10-4-5-11(19)18(3)12(10)9-6-15-17(2)7-9/h6-8,10,12H,4-5H2,1-3H3,(H,16,20)(H,21,22). The molecule has 22 heavy (non-hydrogen) atoms. The summed E-state index contributed by atoms with van der Waals surface area (Å²) in [6.07, 6.45) is 4.05. The lowest BCUT2D eigenvalue weighted by atomic mass is 9.85. The third-order valence-electron chi connectivity index (χ3n) is 3.99. The van der Waals surface area contributed by atoms with Crippen molar-refractivity contribution in [2.75, 3.05) is 7.05 Å².